The summed E-state index contributed by atoms with van der Waals surface area (Å²) in [5, 5.41) is 12.3. The average molecular weight is 415 g/mol. The number of nitrogens with zero attached hydrogens (tertiary/aromatic N) is 3. The molecule has 0 aliphatic heterocycles. The van der Waals surface area contributed by atoms with Crippen LogP contribution in [0.3, 0.4) is 0 Å². The van der Waals surface area contributed by atoms with Crippen molar-refractivity contribution in [2.24, 2.45) is 5.10 Å². The maximum atomic E-state index is 13.4. The van der Waals surface area contributed by atoms with E-state index >= 15 is 0 Å². The SMILES string of the molecule is Fc1ccc(-c2nn(-c3ccccc3)cc2/C=N\NC(=S)Nc2ccccc2)cc1. The molecule has 0 aliphatic carbocycles. The van der Waals surface area contributed by atoms with Crippen molar-refractivity contribution in [3.05, 3.63) is 103 Å². The van der Waals surface area contributed by atoms with Crippen LogP contribution in [0.15, 0.2) is 96.2 Å². The molecule has 4 rings (SSSR count). The van der Waals surface area contributed by atoms with Gasteiger partial charge in [0.05, 0.1) is 11.9 Å². The Morgan fingerprint density at radius 3 is 2.30 bits per heavy atom. The molecule has 30 heavy (non-hydrogen) atoms. The highest BCUT2D eigenvalue weighted by atomic mass is 32.1. The van der Waals surface area contributed by atoms with Gasteiger partial charge in [-0.1, -0.05) is 36.4 Å². The van der Waals surface area contributed by atoms with Crippen molar-refractivity contribution in [3.8, 4) is 16.9 Å². The van der Waals surface area contributed by atoms with E-state index in [9.17, 15) is 4.39 Å². The number of anilines is 1. The molecule has 0 spiro atoms. The third-order valence-corrected chi connectivity index (χ3v) is 4.48. The minimum absolute atomic E-state index is 0.296. The fourth-order valence-corrected chi connectivity index (χ4v) is 3.04. The first-order valence-corrected chi connectivity index (χ1v) is 9.66. The highest BCUT2D eigenvalue weighted by Gasteiger charge is 2.11. The van der Waals surface area contributed by atoms with Gasteiger partial charge < -0.3 is 5.32 Å². The molecule has 0 aliphatic rings. The maximum Gasteiger partial charge on any atom is 0.191 e. The van der Waals surface area contributed by atoms with Gasteiger partial charge in [-0.3, -0.25) is 5.43 Å². The van der Waals surface area contributed by atoms with Gasteiger partial charge in [0, 0.05) is 23.0 Å². The summed E-state index contributed by atoms with van der Waals surface area (Å²) in [6.45, 7) is 0. The van der Waals surface area contributed by atoms with E-state index in [1.54, 1.807) is 23.0 Å². The van der Waals surface area contributed by atoms with Gasteiger partial charge >= 0.3 is 0 Å². The number of benzene rings is 3. The molecule has 4 aromatic rings. The third-order valence-electron chi connectivity index (χ3n) is 4.28. The van der Waals surface area contributed by atoms with Crippen LogP contribution in [-0.4, -0.2) is 21.1 Å². The quantitative estimate of drug-likeness (QED) is 0.274. The molecule has 148 valence electrons. The largest absolute Gasteiger partial charge is 0.331 e. The molecule has 0 amide bonds. The second-order valence-electron chi connectivity index (χ2n) is 6.41. The zero-order valence-electron chi connectivity index (χ0n) is 15.9. The van der Waals surface area contributed by atoms with Crippen molar-refractivity contribution in [3.63, 3.8) is 0 Å². The summed E-state index contributed by atoms with van der Waals surface area (Å²) in [6, 6.07) is 25.5. The van der Waals surface area contributed by atoms with E-state index in [0.29, 0.717) is 10.8 Å². The average Bonchev–Trinajstić information content (AvgIpc) is 3.20. The normalized spacial score (nSPS) is 10.8. The van der Waals surface area contributed by atoms with Crippen LogP contribution in [0.25, 0.3) is 16.9 Å². The highest BCUT2D eigenvalue weighted by molar-refractivity contribution is 7.80. The van der Waals surface area contributed by atoms with Gasteiger partial charge in [0.2, 0.25) is 0 Å². The number of thiocarbonyl (C=S) groups is 1. The molecule has 0 bridgehead atoms. The molecule has 2 N–H and O–H groups in total. The summed E-state index contributed by atoms with van der Waals surface area (Å²) in [5.41, 5.74) is 6.83. The van der Waals surface area contributed by atoms with E-state index in [-0.39, 0.29) is 5.82 Å². The Kier molecular flexibility index (Phi) is 5.91. The van der Waals surface area contributed by atoms with Gasteiger partial charge in [-0.05, 0) is 60.7 Å². The van der Waals surface area contributed by atoms with E-state index in [2.05, 4.69) is 20.9 Å². The van der Waals surface area contributed by atoms with Crippen LogP contribution < -0.4 is 10.7 Å². The first-order chi connectivity index (χ1) is 14.7. The van der Waals surface area contributed by atoms with Gasteiger partial charge in [-0.2, -0.15) is 10.2 Å². The number of hydrazone groups is 1. The molecule has 0 unspecified atom stereocenters. The van der Waals surface area contributed by atoms with Crippen LogP contribution >= 0.6 is 12.2 Å². The first-order valence-electron chi connectivity index (χ1n) is 9.25. The van der Waals surface area contributed by atoms with E-state index in [4.69, 9.17) is 12.2 Å². The molecule has 1 aromatic heterocycles. The second kappa shape index (κ2) is 9.11. The Morgan fingerprint density at radius 2 is 1.60 bits per heavy atom. The van der Waals surface area contributed by atoms with Crippen LogP contribution in [-0.2, 0) is 0 Å². The van der Waals surface area contributed by atoms with Crippen molar-refractivity contribution in [2.75, 3.05) is 5.32 Å². The number of halogens is 1. The van der Waals surface area contributed by atoms with Crippen molar-refractivity contribution < 1.29 is 4.39 Å². The van der Waals surface area contributed by atoms with Crippen LogP contribution in [0.1, 0.15) is 5.56 Å². The Balaban J connectivity index is 1.57. The second-order valence-corrected chi connectivity index (χ2v) is 6.82. The monoisotopic (exact) mass is 415 g/mol. The van der Waals surface area contributed by atoms with Gasteiger partial charge in [0.25, 0.3) is 0 Å². The fourth-order valence-electron chi connectivity index (χ4n) is 2.87. The van der Waals surface area contributed by atoms with E-state index in [0.717, 1.165) is 22.5 Å². The lowest BCUT2D eigenvalue weighted by atomic mass is 10.1. The number of aromatic nitrogens is 2. The predicted octanol–water partition coefficient (Wildman–Crippen LogP) is 5.00. The van der Waals surface area contributed by atoms with Crippen molar-refractivity contribution in [1.29, 1.82) is 0 Å². The molecular formula is C23H18FN5S. The zero-order valence-corrected chi connectivity index (χ0v) is 16.7. The first kappa shape index (κ1) is 19.5. The minimum atomic E-state index is -0.296. The molecule has 0 saturated heterocycles. The van der Waals surface area contributed by atoms with Crippen molar-refractivity contribution in [1.82, 2.24) is 15.2 Å². The molecule has 0 fully saturated rings. The topological polar surface area (TPSA) is 54.2 Å². The molecule has 1 heterocycles. The Hall–Kier alpha value is -3.84. The Labute approximate surface area is 178 Å². The van der Waals surface area contributed by atoms with Crippen molar-refractivity contribution in [2.45, 2.75) is 0 Å². The van der Waals surface area contributed by atoms with Gasteiger partial charge in [-0.25, -0.2) is 9.07 Å². The smallest absolute Gasteiger partial charge is 0.191 e. The lowest BCUT2D eigenvalue weighted by Gasteiger charge is -2.06. The Bertz CT molecular complexity index is 1160. The minimum Gasteiger partial charge on any atom is -0.331 e. The van der Waals surface area contributed by atoms with Gasteiger partial charge in [-0.15, -0.1) is 0 Å². The summed E-state index contributed by atoms with van der Waals surface area (Å²) in [4.78, 5) is 0. The summed E-state index contributed by atoms with van der Waals surface area (Å²) in [5.74, 6) is -0.296. The summed E-state index contributed by atoms with van der Waals surface area (Å²) in [6.07, 6.45) is 3.51. The van der Waals surface area contributed by atoms with Crippen LogP contribution in [0.2, 0.25) is 0 Å². The van der Waals surface area contributed by atoms with Crippen molar-refractivity contribution >= 4 is 29.2 Å². The van der Waals surface area contributed by atoms with E-state index < -0.39 is 0 Å². The van der Waals surface area contributed by atoms with Crippen LogP contribution in [0.4, 0.5) is 10.1 Å². The zero-order chi connectivity index (χ0) is 20.8. The predicted molar refractivity (Wildman–Crippen MR) is 122 cm³/mol. The number of nitrogens with one attached hydrogen (secondary N) is 2. The van der Waals surface area contributed by atoms with Crippen LogP contribution in [0.5, 0.6) is 0 Å². The lowest BCUT2D eigenvalue weighted by molar-refractivity contribution is 0.628. The molecule has 0 atom stereocenters. The third kappa shape index (κ3) is 4.76. The summed E-state index contributed by atoms with van der Waals surface area (Å²) < 4.78 is 15.1. The van der Waals surface area contributed by atoms with Gasteiger partial charge in [0.1, 0.15) is 11.5 Å². The summed E-state index contributed by atoms with van der Waals surface area (Å²) >= 11 is 5.28. The molecule has 3 aromatic carbocycles. The molecule has 0 radical (unpaired) electrons. The van der Waals surface area contributed by atoms with Gasteiger partial charge in [0.15, 0.2) is 5.11 Å². The number of rotatable bonds is 5. The fraction of sp³-hybridized carbons (Fsp3) is 0. The molecule has 5 nitrogen and oxygen atoms in total. The number of hydrogen-bond donors (Lipinski definition) is 2. The van der Waals surface area contributed by atoms with E-state index in [1.807, 2.05) is 66.9 Å². The molecule has 0 saturated carbocycles. The van der Waals surface area contributed by atoms with E-state index in [1.165, 1.54) is 12.1 Å². The van der Waals surface area contributed by atoms with Crippen LogP contribution in [0, 0.1) is 5.82 Å². The number of para-hydroxylation sites is 2. The summed E-state index contributed by atoms with van der Waals surface area (Å²) in [7, 11) is 0. The Morgan fingerprint density at radius 1 is 0.933 bits per heavy atom. The highest BCUT2D eigenvalue weighted by Crippen LogP contribution is 2.23. The molecule has 7 heteroatoms. The lowest BCUT2D eigenvalue weighted by Crippen LogP contribution is -2.23. The maximum absolute atomic E-state index is 13.4. The standard InChI is InChI=1S/C23H18FN5S/c24-19-13-11-17(12-14-19)22-18(16-29(28-22)21-9-5-2-6-10-21)15-25-27-23(30)26-20-7-3-1-4-8-20/h1-16H,(H2,26,27,30)/b25-15-. The molecular weight excluding hydrogens is 397 g/mol. The number of hydrogen-bond acceptors (Lipinski definition) is 3.